The van der Waals surface area contributed by atoms with Crippen molar-refractivity contribution >= 4 is 11.9 Å². The number of aliphatic carboxylic acids is 2. The third-order valence-electron chi connectivity index (χ3n) is 7.97. The van der Waals surface area contributed by atoms with E-state index in [-0.39, 0.29) is 72.0 Å². The molecule has 0 rings (SSSR count). The Labute approximate surface area is 307 Å². The molecule has 0 aliphatic rings. The van der Waals surface area contributed by atoms with Gasteiger partial charge in [0.15, 0.2) is 0 Å². The molecule has 0 aromatic rings. The van der Waals surface area contributed by atoms with E-state index in [2.05, 4.69) is 13.8 Å². The summed E-state index contributed by atoms with van der Waals surface area (Å²) in [6.07, 6.45) is 39.7. The van der Waals surface area contributed by atoms with Crippen LogP contribution in [0.4, 0.5) is 0 Å². The fraction of sp³-hybridized carbons (Fsp3) is 0.944. The predicted octanol–water partition coefficient (Wildman–Crippen LogP) is 4.00. The molecule has 0 heterocycles. The van der Waals surface area contributed by atoms with Gasteiger partial charge in [-0.05, 0) is 25.7 Å². The van der Waals surface area contributed by atoms with Crippen LogP contribution < -0.4 is 69.3 Å². The maximum Gasteiger partial charge on any atom is 1.00 e. The quantitative estimate of drug-likeness (QED) is 0.0850. The van der Waals surface area contributed by atoms with Crippen LogP contribution in [0.2, 0.25) is 0 Å². The molecule has 0 aromatic carbocycles. The van der Waals surface area contributed by atoms with Crippen LogP contribution in [0, 0.1) is 0 Å². The minimum Gasteiger partial charge on any atom is -0.550 e. The summed E-state index contributed by atoms with van der Waals surface area (Å²) < 4.78 is 0. The van der Waals surface area contributed by atoms with E-state index in [1.165, 1.54) is 167 Å². The van der Waals surface area contributed by atoms with Gasteiger partial charge in [-0.3, -0.25) is 0 Å². The van der Waals surface area contributed by atoms with Crippen LogP contribution in [-0.4, -0.2) is 11.9 Å². The first-order valence-corrected chi connectivity index (χ1v) is 17.9. The first kappa shape index (κ1) is 49.8. The molecule has 42 heavy (non-hydrogen) atoms. The Bertz CT molecular complexity index is 459. The molecule has 0 N–H and O–H groups in total. The summed E-state index contributed by atoms with van der Waals surface area (Å²) in [5.41, 5.74) is 0. The number of hydrogen-bond donors (Lipinski definition) is 0. The number of rotatable bonds is 32. The smallest absolute Gasteiger partial charge is 0.550 e. The maximum atomic E-state index is 10.2. The van der Waals surface area contributed by atoms with Gasteiger partial charge in [0.25, 0.3) is 0 Å². The van der Waals surface area contributed by atoms with Crippen molar-refractivity contribution in [1.29, 1.82) is 0 Å². The van der Waals surface area contributed by atoms with Crippen LogP contribution in [0.25, 0.3) is 0 Å². The fourth-order valence-corrected chi connectivity index (χ4v) is 5.28. The number of carbonyl (C=O) groups excluding carboxylic acids is 2. The number of unbranched alkanes of at least 4 members (excludes halogenated alkanes) is 28. The molecular weight excluding hydrogens is 542 g/mol. The molecule has 0 fully saturated rings. The van der Waals surface area contributed by atoms with Crippen molar-refractivity contribution in [2.75, 3.05) is 0 Å². The van der Waals surface area contributed by atoms with Crippen molar-refractivity contribution in [2.45, 2.75) is 219 Å². The summed E-state index contributed by atoms with van der Waals surface area (Å²) in [4.78, 5) is 20.4. The van der Waals surface area contributed by atoms with Crippen LogP contribution in [0.1, 0.15) is 219 Å². The molecule has 0 atom stereocenters. The number of carboxylic acid groups (broad SMARTS) is 2. The van der Waals surface area contributed by atoms with Crippen LogP contribution in [0.15, 0.2) is 0 Å². The Hall–Kier alpha value is 0.940. The molecule has 240 valence electrons. The van der Waals surface area contributed by atoms with Crippen molar-refractivity contribution < 1.29 is 78.9 Å². The molecule has 0 spiro atoms. The summed E-state index contributed by atoms with van der Waals surface area (Å²) in [5.74, 6) is -1.81. The molecule has 0 aliphatic heterocycles. The van der Waals surface area contributed by atoms with Crippen LogP contribution in [0.5, 0.6) is 0 Å². The van der Waals surface area contributed by atoms with Gasteiger partial charge in [0.2, 0.25) is 0 Å². The summed E-state index contributed by atoms with van der Waals surface area (Å²) in [5, 5.41) is 20.4. The Balaban J connectivity index is -0.000000328. The molecule has 0 saturated carbocycles. The van der Waals surface area contributed by atoms with Gasteiger partial charge in [0, 0.05) is 11.9 Å². The largest absolute Gasteiger partial charge is 1.00 e. The Morgan fingerprint density at radius 2 is 0.452 bits per heavy atom. The van der Waals surface area contributed by atoms with Crippen LogP contribution in [-0.2, 0) is 9.59 Å². The van der Waals surface area contributed by atoms with Crippen LogP contribution in [0.3, 0.4) is 0 Å². The number of hydrogen-bond acceptors (Lipinski definition) is 4. The Morgan fingerprint density at radius 3 is 0.595 bits per heavy atom. The molecule has 6 heteroatoms. The van der Waals surface area contributed by atoms with Gasteiger partial charge < -0.3 is 19.8 Å². The number of carbonyl (C=O) groups is 2. The van der Waals surface area contributed by atoms with Crippen molar-refractivity contribution in [3.05, 3.63) is 0 Å². The summed E-state index contributed by atoms with van der Waals surface area (Å²) in [6.45, 7) is 4.53. The zero-order valence-electron chi connectivity index (χ0n) is 29.3. The molecule has 4 nitrogen and oxygen atoms in total. The van der Waals surface area contributed by atoms with Gasteiger partial charge in [-0.15, -0.1) is 0 Å². The van der Waals surface area contributed by atoms with E-state index in [0.29, 0.717) is 0 Å². The topological polar surface area (TPSA) is 80.3 Å². The summed E-state index contributed by atoms with van der Waals surface area (Å²) in [7, 11) is 0. The van der Waals surface area contributed by atoms with Gasteiger partial charge in [0.05, 0.1) is 0 Å². The zero-order valence-corrected chi connectivity index (χ0v) is 33.3. The predicted molar refractivity (Wildman–Crippen MR) is 169 cm³/mol. The normalized spacial score (nSPS) is 10.3. The van der Waals surface area contributed by atoms with E-state index in [0.717, 1.165) is 25.7 Å². The van der Waals surface area contributed by atoms with Crippen molar-refractivity contribution in [1.82, 2.24) is 0 Å². The van der Waals surface area contributed by atoms with Crippen molar-refractivity contribution in [3.63, 3.8) is 0 Å². The van der Waals surface area contributed by atoms with Crippen molar-refractivity contribution in [3.8, 4) is 0 Å². The van der Waals surface area contributed by atoms with E-state index < -0.39 is 11.9 Å². The monoisotopic (exact) mass is 613 g/mol. The Kier molecular flexibility index (Phi) is 55.0. The van der Waals surface area contributed by atoms with Gasteiger partial charge in [0.1, 0.15) is 0 Å². The Morgan fingerprint density at radius 1 is 0.310 bits per heavy atom. The molecule has 0 bridgehead atoms. The second-order valence-electron chi connectivity index (χ2n) is 12.1. The van der Waals surface area contributed by atoms with E-state index in [9.17, 15) is 19.8 Å². The van der Waals surface area contributed by atoms with E-state index >= 15 is 0 Å². The first-order chi connectivity index (χ1) is 19.5. The first-order valence-electron chi connectivity index (χ1n) is 17.9. The molecular formula is C36H70Na2O4. The average molecular weight is 613 g/mol. The van der Waals surface area contributed by atoms with E-state index in [4.69, 9.17) is 0 Å². The fourth-order valence-electron chi connectivity index (χ4n) is 5.28. The summed E-state index contributed by atoms with van der Waals surface area (Å²) >= 11 is 0. The van der Waals surface area contributed by atoms with E-state index in [1.807, 2.05) is 0 Å². The average Bonchev–Trinajstić information content (AvgIpc) is 2.93. The minimum atomic E-state index is -0.903. The maximum absolute atomic E-state index is 10.2. The summed E-state index contributed by atoms with van der Waals surface area (Å²) in [6, 6.07) is 0. The SMILES string of the molecule is CCCCCCCCCCCCCCCCCC(=O)[O-].CCCCCCCCCCCCCCCCCC(=O)[O-].[Na+].[Na+]. The van der Waals surface area contributed by atoms with Crippen LogP contribution >= 0.6 is 0 Å². The second kappa shape index (κ2) is 46.4. The number of carboxylic acids is 2. The van der Waals surface area contributed by atoms with E-state index in [1.54, 1.807) is 0 Å². The van der Waals surface area contributed by atoms with Gasteiger partial charge >= 0.3 is 59.1 Å². The van der Waals surface area contributed by atoms with Gasteiger partial charge in [-0.2, -0.15) is 0 Å². The standard InChI is InChI=1S/2C18H36O2.2Na/c2*1-2-3-4-5-6-7-8-9-10-11-12-13-14-15-16-17-18(19)20;;/h2*2-17H2,1H3,(H,19,20);;/q;;2*+1/p-2. The third-order valence-corrected chi connectivity index (χ3v) is 7.97. The van der Waals surface area contributed by atoms with Gasteiger partial charge in [-0.1, -0.05) is 194 Å². The minimum absolute atomic E-state index is 0. The molecule has 0 saturated heterocycles. The van der Waals surface area contributed by atoms with Gasteiger partial charge in [-0.25, -0.2) is 0 Å². The second-order valence-corrected chi connectivity index (χ2v) is 12.1. The molecule has 0 aliphatic carbocycles. The molecule has 0 unspecified atom stereocenters. The zero-order chi connectivity index (χ0) is 29.8. The molecule has 0 radical (unpaired) electrons. The molecule has 0 aromatic heterocycles. The molecule has 0 amide bonds. The third kappa shape index (κ3) is 53.5. The van der Waals surface area contributed by atoms with Crippen molar-refractivity contribution in [2.24, 2.45) is 0 Å².